The van der Waals surface area contributed by atoms with Gasteiger partial charge in [0.25, 0.3) is 0 Å². The lowest BCUT2D eigenvalue weighted by molar-refractivity contribution is 0.318. The first kappa shape index (κ1) is 14.6. The lowest BCUT2D eigenvalue weighted by Crippen LogP contribution is -2.29. The number of hydrogen-bond acceptors (Lipinski definition) is 2. The third-order valence-corrected chi connectivity index (χ3v) is 4.95. The second-order valence-electron chi connectivity index (χ2n) is 6.97. The molecule has 1 aliphatic carbocycles. The summed E-state index contributed by atoms with van der Waals surface area (Å²) in [5, 5.41) is 9.80. The summed E-state index contributed by atoms with van der Waals surface area (Å²) in [7, 11) is 2.05. The fourth-order valence-electron chi connectivity index (χ4n) is 3.83. The van der Waals surface area contributed by atoms with Crippen LogP contribution < -0.4 is 5.32 Å². The molecule has 0 aliphatic heterocycles. The molecule has 2 unspecified atom stereocenters. The SMILES string of the molecule is CCCNC1CCC(C)(Cc2nn(C)c3ccccc23)C1. The van der Waals surface area contributed by atoms with E-state index < -0.39 is 0 Å². The summed E-state index contributed by atoms with van der Waals surface area (Å²) >= 11 is 0. The van der Waals surface area contributed by atoms with Crippen LogP contribution in [0, 0.1) is 5.41 Å². The number of aromatic nitrogens is 2. The molecule has 2 aromatic rings. The van der Waals surface area contributed by atoms with Crippen molar-refractivity contribution >= 4 is 10.9 Å². The molecular formula is C18H27N3. The lowest BCUT2D eigenvalue weighted by Gasteiger charge is -2.23. The zero-order valence-corrected chi connectivity index (χ0v) is 13.5. The largest absolute Gasteiger partial charge is 0.314 e. The van der Waals surface area contributed by atoms with Crippen LogP contribution in [-0.4, -0.2) is 22.4 Å². The highest BCUT2D eigenvalue weighted by atomic mass is 15.3. The van der Waals surface area contributed by atoms with Crippen molar-refractivity contribution in [3.63, 3.8) is 0 Å². The number of aryl methyl sites for hydroxylation is 1. The molecular weight excluding hydrogens is 258 g/mol. The van der Waals surface area contributed by atoms with Gasteiger partial charge in [-0.15, -0.1) is 0 Å². The summed E-state index contributed by atoms with van der Waals surface area (Å²) in [6, 6.07) is 9.29. The number of hydrogen-bond donors (Lipinski definition) is 1. The maximum Gasteiger partial charge on any atom is 0.0708 e. The Bertz CT molecular complexity index is 616. The predicted octanol–water partition coefficient (Wildman–Crippen LogP) is 3.67. The number of para-hydroxylation sites is 1. The van der Waals surface area contributed by atoms with Gasteiger partial charge in [-0.3, -0.25) is 4.68 Å². The quantitative estimate of drug-likeness (QED) is 0.908. The Morgan fingerprint density at radius 2 is 2.19 bits per heavy atom. The van der Waals surface area contributed by atoms with Crippen LogP contribution in [-0.2, 0) is 13.5 Å². The fourth-order valence-corrected chi connectivity index (χ4v) is 3.83. The number of rotatable bonds is 5. The van der Waals surface area contributed by atoms with E-state index in [2.05, 4.69) is 50.5 Å². The monoisotopic (exact) mass is 285 g/mol. The van der Waals surface area contributed by atoms with Crippen LogP contribution in [0.5, 0.6) is 0 Å². The predicted molar refractivity (Wildman–Crippen MR) is 88.5 cm³/mol. The maximum atomic E-state index is 4.78. The molecule has 0 spiro atoms. The van der Waals surface area contributed by atoms with Gasteiger partial charge < -0.3 is 5.32 Å². The topological polar surface area (TPSA) is 29.9 Å². The van der Waals surface area contributed by atoms with Crippen molar-refractivity contribution in [2.75, 3.05) is 6.54 Å². The molecule has 1 fully saturated rings. The molecule has 0 radical (unpaired) electrons. The van der Waals surface area contributed by atoms with Crippen LogP contribution in [0.4, 0.5) is 0 Å². The molecule has 3 nitrogen and oxygen atoms in total. The molecule has 3 heteroatoms. The minimum atomic E-state index is 0.391. The minimum absolute atomic E-state index is 0.391. The Morgan fingerprint density at radius 1 is 1.38 bits per heavy atom. The summed E-state index contributed by atoms with van der Waals surface area (Å²) in [4.78, 5) is 0. The Labute approximate surface area is 127 Å². The van der Waals surface area contributed by atoms with Crippen molar-refractivity contribution < 1.29 is 0 Å². The smallest absolute Gasteiger partial charge is 0.0708 e. The van der Waals surface area contributed by atoms with Gasteiger partial charge in [0.2, 0.25) is 0 Å². The highest BCUT2D eigenvalue weighted by molar-refractivity contribution is 5.81. The van der Waals surface area contributed by atoms with Gasteiger partial charge in [-0.25, -0.2) is 0 Å². The fraction of sp³-hybridized carbons (Fsp3) is 0.611. The van der Waals surface area contributed by atoms with E-state index in [0.717, 1.165) is 13.0 Å². The summed E-state index contributed by atoms with van der Waals surface area (Å²) in [5.74, 6) is 0. The molecule has 0 amide bonds. The van der Waals surface area contributed by atoms with Crippen LogP contribution in [0.2, 0.25) is 0 Å². The van der Waals surface area contributed by atoms with Gasteiger partial charge in [-0.1, -0.05) is 32.0 Å². The molecule has 1 N–H and O–H groups in total. The minimum Gasteiger partial charge on any atom is -0.314 e. The Morgan fingerprint density at radius 3 is 3.00 bits per heavy atom. The first-order chi connectivity index (χ1) is 10.1. The Hall–Kier alpha value is -1.35. The van der Waals surface area contributed by atoms with E-state index in [1.54, 1.807) is 0 Å². The molecule has 1 heterocycles. The van der Waals surface area contributed by atoms with E-state index in [1.165, 1.54) is 42.3 Å². The highest BCUT2D eigenvalue weighted by Gasteiger charge is 2.35. The second kappa shape index (κ2) is 5.80. The van der Waals surface area contributed by atoms with E-state index in [1.807, 2.05) is 4.68 Å². The van der Waals surface area contributed by atoms with Crippen LogP contribution in [0.1, 0.15) is 45.2 Å². The molecule has 3 rings (SSSR count). The van der Waals surface area contributed by atoms with Crippen molar-refractivity contribution in [3.8, 4) is 0 Å². The third kappa shape index (κ3) is 2.98. The van der Waals surface area contributed by atoms with Gasteiger partial charge in [-0.2, -0.15) is 5.10 Å². The number of fused-ring (bicyclic) bond motifs is 1. The summed E-state index contributed by atoms with van der Waals surface area (Å²) in [6.07, 6.45) is 6.20. The average molecular weight is 285 g/mol. The molecule has 0 saturated heterocycles. The Balaban J connectivity index is 1.76. The maximum absolute atomic E-state index is 4.78. The zero-order valence-electron chi connectivity index (χ0n) is 13.5. The molecule has 1 aromatic carbocycles. The second-order valence-corrected chi connectivity index (χ2v) is 6.97. The molecule has 1 aromatic heterocycles. The molecule has 21 heavy (non-hydrogen) atoms. The first-order valence-corrected chi connectivity index (χ1v) is 8.25. The standard InChI is InChI=1S/C18H27N3/c1-4-11-19-14-9-10-18(2,12-14)13-16-15-7-5-6-8-17(15)21(3)20-16/h5-8,14,19H,4,9-13H2,1-3H3. The van der Waals surface area contributed by atoms with Gasteiger partial charge in [0.1, 0.15) is 0 Å². The van der Waals surface area contributed by atoms with Crippen LogP contribution in [0.3, 0.4) is 0 Å². The van der Waals surface area contributed by atoms with Crippen molar-refractivity contribution in [2.24, 2.45) is 12.5 Å². The van der Waals surface area contributed by atoms with Crippen LogP contribution in [0.25, 0.3) is 10.9 Å². The molecule has 1 aliphatic rings. The van der Waals surface area contributed by atoms with Gasteiger partial charge in [0.15, 0.2) is 0 Å². The summed E-state index contributed by atoms with van der Waals surface area (Å²) < 4.78 is 2.02. The summed E-state index contributed by atoms with van der Waals surface area (Å²) in [6.45, 7) is 5.82. The third-order valence-electron chi connectivity index (χ3n) is 4.95. The number of benzene rings is 1. The molecule has 114 valence electrons. The molecule has 0 bridgehead atoms. The van der Waals surface area contributed by atoms with Gasteiger partial charge in [0.05, 0.1) is 11.2 Å². The van der Waals surface area contributed by atoms with E-state index in [4.69, 9.17) is 5.10 Å². The van der Waals surface area contributed by atoms with E-state index in [-0.39, 0.29) is 0 Å². The van der Waals surface area contributed by atoms with E-state index in [9.17, 15) is 0 Å². The van der Waals surface area contributed by atoms with E-state index in [0.29, 0.717) is 11.5 Å². The highest BCUT2D eigenvalue weighted by Crippen LogP contribution is 2.41. The van der Waals surface area contributed by atoms with Crippen LogP contribution in [0.15, 0.2) is 24.3 Å². The van der Waals surface area contributed by atoms with Crippen LogP contribution >= 0.6 is 0 Å². The zero-order chi connectivity index (χ0) is 14.9. The van der Waals surface area contributed by atoms with Crippen molar-refractivity contribution in [3.05, 3.63) is 30.0 Å². The van der Waals surface area contributed by atoms with Crippen molar-refractivity contribution in [2.45, 2.75) is 52.0 Å². The van der Waals surface area contributed by atoms with Gasteiger partial charge >= 0.3 is 0 Å². The van der Waals surface area contributed by atoms with Gasteiger partial charge in [-0.05, 0) is 50.1 Å². The van der Waals surface area contributed by atoms with E-state index >= 15 is 0 Å². The summed E-state index contributed by atoms with van der Waals surface area (Å²) in [5.41, 5.74) is 2.91. The normalized spacial score (nSPS) is 25.8. The van der Waals surface area contributed by atoms with Crippen molar-refractivity contribution in [1.82, 2.24) is 15.1 Å². The van der Waals surface area contributed by atoms with Crippen molar-refractivity contribution in [1.29, 1.82) is 0 Å². The first-order valence-electron chi connectivity index (χ1n) is 8.25. The Kier molecular flexibility index (Phi) is 4.03. The van der Waals surface area contributed by atoms with Gasteiger partial charge in [0, 0.05) is 18.5 Å². The lowest BCUT2D eigenvalue weighted by atomic mass is 9.83. The molecule has 1 saturated carbocycles. The number of nitrogens with zero attached hydrogens (tertiary/aromatic N) is 2. The number of nitrogens with one attached hydrogen (secondary N) is 1. The average Bonchev–Trinajstić information content (AvgIpc) is 2.99. The molecule has 2 atom stereocenters.